The van der Waals surface area contributed by atoms with E-state index in [0.29, 0.717) is 6.54 Å². The van der Waals surface area contributed by atoms with E-state index in [4.69, 9.17) is 5.73 Å². The maximum atomic E-state index is 5.73. The fraction of sp³-hybridized carbons (Fsp3) is 0.375. The van der Waals surface area contributed by atoms with E-state index in [1.807, 2.05) is 4.68 Å². The van der Waals surface area contributed by atoms with Crippen molar-refractivity contribution in [3.05, 3.63) is 46.8 Å². The van der Waals surface area contributed by atoms with Gasteiger partial charge < -0.3 is 5.73 Å². The maximum Gasteiger partial charge on any atom is 0.104 e. The van der Waals surface area contributed by atoms with Gasteiger partial charge in [-0.2, -0.15) is 0 Å². The summed E-state index contributed by atoms with van der Waals surface area (Å²) < 4.78 is 1.94. The lowest BCUT2D eigenvalue weighted by Crippen LogP contribution is -2.04. The first-order valence-corrected chi connectivity index (χ1v) is 7.11. The fourth-order valence-corrected chi connectivity index (χ4v) is 2.01. The summed E-state index contributed by atoms with van der Waals surface area (Å²) in [7, 11) is 0. The molecule has 106 valence electrons. The normalized spacial score (nSPS) is 11.3. The second kappa shape index (κ2) is 7.01. The number of aromatic nitrogens is 3. The van der Waals surface area contributed by atoms with Crippen LogP contribution in [0.2, 0.25) is 0 Å². The third-order valence-corrected chi connectivity index (χ3v) is 3.27. The maximum absolute atomic E-state index is 5.73. The van der Waals surface area contributed by atoms with Gasteiger partial charge in [0.2, 0.25) is 0 Å². The van der Waals surface area contributed by atoms with Crippen molar-refractivity contribution in [3.8, 4) is 0 Å². The first-order valence-electron chi connectivity index (χ1n) is 7.11. The molecule has 1 heterocycles. The lowest BCUT2D eigenvalue weighted by atomic mass is 10.1. The third-order valence-electron chi connectivity index (χ3n) is 3.27. The predicted molar refractivity (Wildman–Crippen MR) is 82.9 cm³/mol. The molecule has 1 aromatic carbocycles. The van der Waals surface area contributed by atoms with Crippen LogP contribution in [0.5, 0.6) is 0 Å². The molecule has 0 saturated heterocycles. The molecule has 0 fully saturated rings. The van der Waals surface area contributed by atoms with Crippen molar-refractivity contribution in [3.63, 3.8) is 0 Å². The highest BCUT2D eigenvalue weighted by molar-refractivity contribution is 5.69. The quantitative estimate of drug-likeness (QED) is 0.877. The number of benzene rings is 1. The van der Waals surface area contributed by atoms with Crippen LogP contribution in [0.15, 0.2) is 24.3 Å². The first kappa shape index (κ1) is 14.5. The highest BCUT2D eigenvalue weighted by Crippen LogP contribution is 2.12. The van der Waals surface area contributed by atoms with Gasteiger partial charge in [0, 0.05) is 13.1 Å². The van der Waals surface area contributed by atoms with E-state index in [9.17, 15) is 0 Å². The van der Waals surface area contributed by atoms with Gasteiger partial charge in [0.1, 0.15) is 5.69 Å². The first-order chi connectivity index (χ1) is 9.74. The summed E-state index contributed by atoms with van der Waals surface area (Å²) >= 11 is 0. The molecule has 1 aromatic heterocycles. The smallest absolute Gasteiger partial charge is 0.104 e. The van der Waals surface area contributed by atoms with Gasteiger partial charge in [-0.1, -0.05) is 54.5 Å². The van der Waals surface area contributed by atoms with Gasteiger partial charge in [0.15, 0.2) is 0 Å². The Labute approximate surface area is 120 Å². The molecule has 4 nitrogen and oxygen atoms in total. The zero-order chi connectivity index (χ0) is 14.4. The average molecular weight is 270 g/mol. The van der Waals surface area contributed by atoms with Crippen LogP contribution < -0.4 is 5.73 Å². The van der Waals surface area contributed by atoms with Gasteiger partial charge in [-0.25, -0.2) is 4.68 Å². The molecule has 0 radical (unpaired) electrons. The number of hydrogen-bond donors (Lipinski definition) is 1. The Kier molecular flexibility index (Phi) is 5.07. The number of aryl methyl sites for hydroxylation is 2. The van der Waals surface area contributed by atoms with Crippen LogP contribution >= 0.6 is 0 Å². The molecule has 0 bridgehead atoms. The number of rotatable bonds is 6. The Morgan fingerprint density at radius 1 is 1.20 bits per heavy atom. The van der Waals surface area contributed by atoms with Gasteiger partial charge in [-0.05, 0) is 25.0 Å². The summed E-state index contributed by atoms with van der Waals surface area (Å²) in [5, 5.41) is 8.34. The Hall–Kier alpha value is -1.94. The van der Waals surface area contributed by atoms with Crippen molar-refractivity contribution in [2.75, 3.05) is 0 Å². The van der Waals surface area contributed by atoms with Crippen LogP contribution in [0.3, 0.4) is 0 Å². The molecule has 0 amide bonds. The number of hydrogen-bond acceptors (Lipinski definition) is 3. The van der Waals surface area contributed by atoms with Crippen molar-refractivity contribution >= 4 is 12.2 Å². The topological polar surface area (TPSA) is 56.7 Å². The molecule has 2 N–H and O–H groups in total. The second-order valence-electron chi connectivity index (χ2n) is 4.95. The Morgan fingerprint density at radius 2 is 1.95 bits per heavy atom. The van der Waals surface area contributed by atoms with Crippen LogP contribution in [0.25, 0.3) is 12.2 Å². The molecule has 0 aliphatic rings. The summed E-state index contributed by atoms with van der Waals surface area (Å²) in [5.74, 6) is 0. The molecule has 0 unspecified atom stereocenters. The molecule has 20 heavy (non-hydrogen) atoms. The van der Waals surface area contributed by atoms with Crippen LogP contribution in [-0.2, 0) is 13.1 Å². The van der Waals surface area contributed by atoms with E-state index in [-0.39, 0.29) is 0 Å². The van der Waals surface area contributed by atoms with Crippen molar-refractivity contribution in [1.29, 1.82) is 0 Å². The van der Waals surface area contributed by atoms with Crippen molar-refractivity contribution < 1.29 is 0 Å². The van der Waals surface area contributed by atoms with E-state index >= 15 is 0 Å². The number of nitrogens with two attached hydrogens (primary N) is 1. The molecular weight excluding hydrogens is 248 g/mol. The SMILES string of the molecule is CCCCn1nnc(CN)c1/C=C/c1ccc(C)cc1. The van der Waals surface area contributed by atoms with Gasteiger partial charge in [0.25, 0.3) is 0 Å². The third kappa shape index (κ3) is 3.54. The van der Waals surface area contributed by atoms with Crippen molar-refractivity contribution in [1.82, 2.24) is 15.0 Å². The van der Waals surface area contributed by atoms with Gasteiger partial charge in [-0.3, -0.25) is 0 Å². The van der Waals surface area contributed by atoms with Gasteiger partial charge >= 0.3 is 0 Å². The lowest BCUT2D eigenvalue weighted by molar-refractivity contribution is 0.549. The highest BCUT2D eigenvalue weighted by Gasteiger charge is 2.08. The minimum Gasteiger partial charge on any atom is -0.325 e. The van der Waals surface area contributed by atoms with E-state index in [1.165, 1.54) is 11.1 Å². The van der Waals surface area contributed by atoms with Crippen LogP contribution in [0.4, 0.5) is 0 Å². The van der Waals surface area contributed by atoms with E-state index in [1.54, 1.807) is 0 Å². The second-order valence-corrected chi connectivity index (χ2v) is 4.95. The molecular formula is C16H22N4. The standard InChI is InChI=1S/C16H22N4/c1-3-4-11-20-16(15(12-17)18-19-20)10-9-14-7-5-13(2)6-8-14/h5-10H,3-4,11-12,17H2,1-2H3/b10-9+. The van der Waals surface area contributed by atoms with Gasteiger partial charge in [0.05, 0.1) is 5.69 Å². The van der Waals surface area contributed by atoms with E-state index in [2.05, 4.69) is 60.6 Å². The van der Waals surface area contributed by atoms with Crippen molar-refractivity contribution in [2.24, 2.45) is 5.73 Å². The molecule has 2 rings (SSSR count). The number of nitrogens with zero attached hydrogens (tertiary/aromatic N) is 3. The zero-order valence-corrected chi connectivity index (χ0v) is 12.2. The zero-order valence-electron chi connectivity index (χ0n) is 12.2. The molecule has 0 aliphatic heterocycles. The van der Waals surface area contributed by atoms with Gasteiger partial charge in [-0.15, -0.1) is 5.10 Å². The largest absolute Gasteiger partial charge is 0.325 e. The Bertz CT molecular complexity index is 567. The lowest BCUT2D eigenvalue weighted by Gasteiger charge is -2.03. The molecule has 2 aromatic rings. The molecule has 0 saturated carbocycles. The molecule has 0 spiro atoms. The summed E-state index contributed by atoms with van der Waals surface area (Å²) in [4.78, 5) is 0. The minimum absolute atomic E-state index is 0.416. The summed E-state index contributed by atoms with van der Waals surface area (Å²) in [6, 6.07) is 8.43. The number of unbranched alkanes of at least 4 members (excludes halogenated alkanes) is 1. The fourth-order valence-electron chi connectivity index (χ4n) is 2.01. The monoisotopic (exact) mass is 270 g/mol. The van der Waals surface area contributed by atoms with Crippen molar-refractivity contribution in [2.45, 2.75) is 39.8 Å². The average Bonchev–Trinajstić information content (AvgIpc) is 2.86. The summed E-state index contributed by atoms with van der Waals surface area (Å²) in [6.07, 6.45) is 6.37. The summed E-state index contributed by atoms with van der Waals surface area (Å²) in [6.45, 7) is 5.56. The predicted octanol–water partition coefficient (Wildman–Crippen LogP) is 3.02. The Morgan fingerprint density at radius 3 is 2.60 bits per heavy atom. The van der Waals surface area contributed by atoms with E-state index in [0.717, 1.165) is 30.8 Å². The summed E-state index contributed by atoms with van der Waals surface area (Å²) in [5.41, 5.74) is 10.0. The minimum atomic E-state index is 0.416. The Balaban J connectivity index is 2.22. The highest BCUT2D eigenvalue weighted by atomic mass is 15.4. The van der Waals surface area contributed by atoms with E-state index < -0.39 is 0 Å². The van der Waals surface area contributed by atoms with Crippen LogP contribution in [-0.4, -0.2) is 15.0 Å². The van der Waals surface area contributed by atoms with Crippen LogP contribution in [0, 0.1) is 6.92 Å². The molecule has 0 atom stereocenters. The molecule has 0 aliphatic carbocycles. The van der Waals surface area contributed by atoms with Crippen LogP contribution in [0.1, 0.15) is 42.3 Å². The molecule has 4 heteroatoms.